The third-order valence-electron chi connectivity index (χ3n) is 4.90. The van der Waals surface area contributed by atoms with Gasteiger partial charge in [0.05, 0.1) is 5.92 Å². The van der Waals surface area contributed by atoms with Gasteiger partial charge in [0.2, 0.25) is 5.91 Å². The Morgan fingerprint density at radius 2 is 2.22 bits per heavy atom. The zero-order valence-electron chi connectivity index (χ0n) is 13.1. The van der Waals surface area contributed by atoms with Gasteiger partial charge in [-0.25, -0.2) is 4.68 Å². The van der Waals surface area contributed by atoms with Crippen LogP contribution in [0.25, 0.3) is 0 Å². The second kappa shape index (κ2) is 6.39. The Balaban J connectivity index is 1.45. The maximum atomic E-state index is 12.7. The fourth-order valence-electron chi connectivity index (χ4n) is 3.62. The number of aryl methyl sites for hydroxylation is 2. The van der Waals surface area contributed by atoms with E-state index in [0.29, 0.717) is 12.4 Å². The van der Waals surface area contributed by atoms with Crippen molar-refractivity contribution in [3.63, 3.8) is 0 Å². The van der Waals surface area contributed by atoms with Gasteiger partial charge in [0, 0.05) is 18.0 Å². The summed E-state index contributed by atoms with van der Waals surface area (Å²) >= 11 is 1.84. The van der Waals surface area contributed by atoms with Gasteiger partial charge in [-0.1, -0.05) is 6.42 Å². The summed E-state index contributed by atoms with van der Waals surface area (Å²) in [5.74, 6) is 0.549. The van der Waals surface area contributed by atoms with E-state index in [0.717, 1.165) is 32.2 Å². The van der Waals surface area contributed by atoms with Crippen molar-refractivity contribution in [1.29, 1.82) is 0 Å². The monoisotopic (exact) mass is 331 g/mol. The predicted octanol–water partition coefficient (Wildman–Crippen LogP) is 2.20. The lowest BCUT2D eigenvalue weighted by atomic mass is 9.95. The van der Waals surface area contributed by atoms with Gasteiger partial charge < -0.3 is 5.32 Å². The number of hydrogen-bond acceptors (Lipinski definition) is 5. The maximum absolute atomic E-state index is 12.7. The number of carbonyl (C=O) groups excluding carboxylic acids is 1. The molecule has 122 valence electrons. The lowest BCUT2D eigenvalue weighted by Gasteiger charge is -2.15. The number of nitrogens with zero attached hydrogens (tertiary/aromatic N) is 4. The second-order valence-electron chi connectivity index (χ2n) is 6.40. The van der Waals surface area contributed by atoms with Crippen LogP contribution in [0.3, 0.4) is 0 Å². The molecule has 1 N–H and O–H groups in total. The lowest BCUT2D eigenvalue weighted by Crippen LogP contribution is -2.30. The minimum Gasteiger partial charge on any atom is -0.351 e. The number of amides is 1. The number of hydrogen-bond donors (Lipinski definition) is 1. The molecule has 0 spiro atoms. The Morgan fingerprint density at radius 1 is 1.30 bits per heavy atom. The first kappa shape index (κ1) is 14.8. The van der Waals surface area contributed by atoms with Crippen molar-refractivity contribution in [1.82, 2.24) is 25.5 Å². The van der Waals surface area contributed by atoms with Crippen molar-refractivity contribution in [3.05, 3.63) is 27.2 Å². The molecule has 1 aliphatic carbocycles. The average molecular weight is 331 g/mol. The smallest absolute Gasteiger partial charge is 0.231 e. The molecule has 0 radical (unpaired) electrons. The Hall–Kier alpha value is -1.76. The summed E-state index contributed by atoms with van der Waals surface area (Å²) in [6.07, 6.45) is 7.80. The van der Waals surface area contributed by atoms with Crippen LogP contribution < -0.4 is 5.32 Å². The van der Waals surface area contributed by atoms with Crippen LogP contribution in [0.4, 0.5) is 0 Å². The van der Waals surface area contributed by atoms with Crippen LogP contribution in [-0.4, -0.2) is 26.1 Å². The van der Waals surface area contributed by atoms with E-state index in [1.54, 1.807) is 4.68 Å². The van der Waals surface area contributed by atoms with Crippen LogP contribution in [-0.2, 0) is 30.7 Å². The van der Waals surface area contributed by atoms with Gasteiger partial charge in [-0.2, -0.15) is 0 Å². The van der Waals surface area contributed by atoms with Gasteiger partial charge in [0.25, 0.3) is 0 Å². The van der Waals surface area contributed by atoms with E-state index < -0.39 is 0 Å². The predicted molar refractivity (Wildman–Crippen MR) is 87.2 cm³/mol. The SMILES string of the molecule is O=C(NCc1csc2c1CCCC2)C1CCCCn2nnnc21. The molecule has 4 rings (SSSR count). The van der Waals surface area contributed by atoms with Crippen molar-refractivity contribution in [2.75, 3.05) is 0 Å². The van der Waals surface area contributed by atoms with Crippen LogP contribution in [0.5, 0.6) is 0 Å². The molecule has 1 unspecified atom stereocenters. The lowest BCUT2D eigenvalue weighted by molar-refractivity contribution is -0.123. The summed E-state index contributed by atoms with van der Waals surface area (Å²) in [5.41, 5.74) is 2.78. The highest BCUT2D eigenvalue weighted by Crippen LogP contribution is 2.30. The van der Waals surface area contributed by atoms with Gasteiger partial charge in [0.15, 0.2) is 5.82 Å². The van der Waals surface area contributed by atoms with Crippen molar-refractivity contribution in [3.8, 4) is 0 Å². The maximum Gasteiger partial charge on any atom is 0.231 e. The van der Waals surface area contributed by atoms with E-state index in [9.17, 15) is 4.79 Å². The first-order valence-corrected chi connectivity index (χ1v) is 9.33. The Kier molecular flexibility index (Phi) is 4.11. The number of thiophene rings is 1. The summed E-state index contributed by atoms with van der Waals surface area (Å²) in [7, 11) is 0. The zero-order valence-corrected chi connectivity index (χ0v) is 13.9. The fourth-order valence-corrected chi connectivity index (χ4v) is 4.77. The van der Waals surface area contributed by atoms with Crippen LogP contribution in [0, 0.1) is 0 Å². The van der Waals surface area contributed by atoms with E-state index >= 15 is 0 Å². The van der Waals surface area contributed by atoms with Crippen molar-refractivity contribution in [2.45, 2.75) is 64.0 Å². The molecule has 0 aromatic carbocycles. The van der Waals surface area contributed by atoms with Gasteiger partial charge in [-0.15, -0.1) is 16.4 Å². The summed E-state index contributed by atoms with van der Waals surface area (Å²) in [6.45, 7) is 1.44. The topological polar surface area (TPSA) is 72.7 Å². The molecular weight excluding hydrogens is 310 g/mol. The molecule has 1 aliphatic heterocycles. The van der Waals surface area contributed by atoms with E-state index in [1.165, 1.54) is 35.3 Å². The summed E-state index contributed by atoms with van der Waals surface area (Å²) in [4.78, 5) is 14.2. The highest BCUT2D eigenvalue weighted by Gasteiger charge is 2.28. The number of rotatable bonds is 3. The van der Waals surface area contributed by atoms with Gasteiger partial charge in [-0.05, 0) is 65.5 Å². The number of fused-ring (bicyclic) bond motifs is 2. The molecule has 23 heavy (non-hydrogen) atoms. The van der Waals surface area contributed by atoms with Crippen LogP contribution in [0.15, 0.2) is 5.38 Å². The fraction of sp³-hybridized carbons (Fsp3) is 0.625. The molecule has 2 aromatic heterocycles. The molecular formula is C16H21N5OS. The second-order valence-corrected chi connectivity index (χ2v) is 7.36. The molecule has 1 atom stereocenters. The van der Waals surface area contributed by atoms with Crippen LogP contribution in [0.1, 0.15) is 59.9 Å². The normalized spacial score (nSPS) is 20.4. The van der Waals surface area contributed by atoms with Crippen LogP contribution >= 0.6 is 11.3 Å². The number of tetrazole rings is 1. The third-order valence-corrected chi connectivity index (χ3v) is 6.04. The molecule has 2 aliphatic rings. The Morgan fingerprint density at radius 3 is 3.17 bits per heavy atom. The quantitative estimate of drug-likeness (QED) is 0.936. The zero-order chi connectivity index (χ0) is 15.6. The first-order valence-electron chi connectivity index (χ1n) is 8.45. The van der Waals surface area contributed by atoms with E-state index in [2.05, 4.69) is 26.2 Å². The third kappa shape index (κ3) is 2.89. The molecule has 0 bridgehead atoms. The van der Waals surface area contributed by atoms with Crippen molar-refractivity contribution >= 4 is 17.2 Å². The molecule has 3 heterocycles. The summed E-state index contributed by atoms with van der Waals surface area (Å²) < 4.78 is 1.78. The minimum absolute atomic E-state index is 0.0544. The Labute approximate surface area is 139 Å². The van der Waals surface area contributed by atoms with E-state index in [4.69, 9.17) is 0 Å². The standard InChI is InChI=1S/C16H21N5OS/c22-16(13-6-3-4-8-21-15(13)18-19-20-21)17-9-11-10-23-14-7-2-1-5-12(11)14/h10,13H,1-9H2,(H,17,22). The summed E-state index contributed by atoms with van der Waals surface area (Å²) in [5, 5.41) is 17.1. The molecule has 0 fully saturated rings. The van der Waals surface area contributed by atoms with E-state index in [1.807, 2.05) is 11.3 Å². The minimum atomic E-state index is -0.220. The molecule has 1 amide bonds. The first-order chi connectivity index (χ1) is 11.3. The number of nitrogens with one attached hydrogen (secondary N) is 1. The molecule has 0 saturated heterocycles. The highest BCUT2D eigenvalue weighted by atomic mass is 32.1. The number of aromatic nitrogens is 4. The highest BCUT2D eigenvalue weighted by molar-refractivity contribution is 7.10. The molecule has 2 aromatic rings. The van der Waals surface area contributed by atoms with Gasteiger partial charge in [0.1, 0.15) is 0 Å². The molecule has 6 nitrogen and oxygen atoms in total. The Bertz CT molecular complexity index is 707. The molecule has 0 saturated carbocycles. The van der Waals surface area contributed by atoms with E-state index in [-0.39, 0.29) is 11.8 Å². The van der Waals surface area contributed by atoms with Gasteiger partial charge >= 0.3 is 0 Å². The van der Waals surface area contributed by atoms with Gasteiger partial charge in [-0.3, -0.25) is 4.79 Å². The summed E-state index contributed by atoms with van der Waals surface area (Å²) in [6, 6.07) is 0. The van der Waals surface area contributed by atoms with Crippen molar-refractivity contribution in [2.24, 2.45) is 0 Å². The molecule has 7 heteroatoms. The largest absolute Gasteiger partial charge is 0.351 e. The van der Waals surface area contributed by atoms with Crippen molar-refractivity contribution < 1.29 is 4.79 Å². The average Bonchev–Trinajstić information content (AvgIpc) is 3.15. The number of carbonyl (C=O) groups is 1. The van der Waals surface area contributed by atoms with Crippen LogP contribution in [0.2, 0.25) is 0 Å².